The fourth-order valence-electron chi connectivity index (χ4n) is 4.16. The quantitative estimate of drug-likeness (QED) is 0.460. The lowest BCUT2D eigenvalue weighted by Crippen LogP contribution is -2.29. The van der Waals surface area contributed by atoms with Gasteiger partial charge in [-0.25, -0.2) is 9.78 Å². The van der Waals surface area contributed by atoms with Crippen LogP contribution in [0.15, 0.2) is 55.1 Å². The number of fused-ring (bicyclic) bond motifs is 3. The summed E-state index contributed by atoms with van der Waals surface area (Å²) in [4.78, 5) is 29.8. The molecular weight excluding hydrogens is 420 g/mol. The van der Waals surface area contributed by atoms with Gasteiger partial charge in [-0.3, -0.25) is 4.79 Å². The van der Waals surface area contributed by atoms with Gasteiger partial charge in [-0.1, -0.05) is 30.3 Å². The zero-order valence-electron chi connectivity index (χ0n) is 17.9. The van der Waals surface area contributed by atoms with Crippen molar-refractivity contribution in [3.05, 3.63) is 77.5 Å². The maximum Gasteiger partial charge on any atom is 0.339 e. The number of para-hydroxylation sites is 1. The first-order valence-electron chi connectivity index (χ1n) is 10.7. The van der Waals surface area contributed by atoms with Crippen LogP contribution in [0.4, 0.5) is 0 Å². The van der Waals surface area contributed by atoms with Crippen LogP contribution >= 0.6 is 0 Å². The molecule has 0 fully saturated rings. The van der Waals surface area contributed by atoms with E-state index in [1.165, 1.54) is 0 Å². The molecule has 1 N–H and O–H groups in total. The molecule has 5 rings (SSSR count). The van der Waals surface area contributed by atoms with Crippen molar-refractivity contribution in [3.8, 4) is 11.5 Å². The average Bonchev–Trinajstić information content (AvgIpc) is 3.46. The van der Waals surface area contributed by atoms with E-state index in [-0.39, 0.29) is 19.3 Å². The molecule has 33 heavy (non-hydrogen) atoms. The van der Waals surface area contributed by atoms with Gasteiger partial charge in [0, 0.05) is 11.9 Å². The maximum atomic E-state index is 13.1. The summed E-state index contributed by atoms with van der Waals surface area (Å²) in [7, 11) is 0. The van der Waals surface area contributed by atoms with Gasteiger partial charge in [0.1, 0.15) is 0 Å². The number of allylic oxidation sites excluding steroid dienone is 1. The molecule has 1 aliphatic carbocycles. The van der Waals surface area contributed by atoms with E-state index in [0.717, 1.165) is 40.0 Å². The molecule has 7 nitrogen and oxygen atoms in total. The molecule has 2 aliphatic rings. The zero-order valence-corrected chi connectivity index (χ0v) is 17.9. The molecule has 0 saturated heterocycles. The number of carbonyl (C=O) groups is 2. The number of hydrogen-bond donors (Lipinski definition) is 1. The Labute approximate surface area is 190 Å². The van der Waals surface area contributed by atoms with Gasteiger partial charge in [-0.15, -0.1) is 6.58 Å². The molecule has 2 heterocycles. The smallest absolute Gasteiger partial charge is 0.339 e. The number of benzene rings is 2. The molecule has 0 atom stereocenters. The predicted molar refractivity (Wildman–Crippen MR) is 124 cm³/mol. The highest BCUT2D eigenvalue weighted by molar-refractivity contribution is 6.07. The standard InChI is InChI=1S/C26H22N2O5/c1-2-11-27-23(29)14-31-26(30)24-18-5-3-4-6-20(18)28-25-17(8-9-19(24)25)12-16-7-10-21-22(13-16)33-15-32-21/h2-7,10,12-13H,1,8-9,11,14-15H2,(H,27,29)/b17-12+. The second-order valence-corrected chi connectivity index (χ2v) is 7.78. The van der Waals surface area contributed by atoms with Gasteiger partial charge < -0.3 is 19.5 Å². The first-order valence-corrected chi connectivity index (χ1v) is 10.7. The number of aromatic nitrogens is 1. The predicted octanol–water partition coefficient (Wildman–Crippen LogP) is 3.91. The summed E-state index contributed by atoms with van der Waals surface area (Å²) in [5, 5.41) is 3.33. The molecule has 0 spiro atoms. The van der Waals surface area contributed by atoms with Crippen LogP contribution in [-0.2, 0) is 16.0 Å². The zero-order chi connectivity index (χ0) is 22.8. The van der Waals surface area contributed by atoms with Crippen molar-refractivity contribution in [2.24, 2.45) is 0 Å². The number of nitrogens with zero attached hydrogens (tertiary/aromatic N) is 1. The van der Waals surface area contributed by atoms with Crippen LogP contribution in [0, 0.1) is 0 Å². The van der Waals surface area contributed by atoms with E-state index in [2.05, 4.69) is 18.0 Å². The fraction of sp³-hybridized carbons (Fsp3) is 0.192. The van der Waals surface area contributed by atoms with Gasteiger partial charge in [-0.2, -0.15) is 0 Å². The summed E-state index contributed by atoms with van der Waals surface area (Å²) in [6, 6.07) is 13.3. The third kappa shape index (κ3) is 4.05. The Morgan fingerprint density at radius 2 is 1.97 bits per heavy atom. The van der Waals surface area contributed by atoms with E-state index >= 15 is 0 Å². The van der Waals surface area contributed by atoms with Crippen molar-refractivity contribution < 1.29 is 23.8 Å². The summed E-state index contributed by atoms with van der Waals surface area (Å²) >= 11 is 0. The Morgan fingerprint density at radius 3 is 2.85 bits per heavy atom. The van der Waals surface area contributed by atoms with E-state index in [0.29, 0.717) is 29.8 Å². The first-order chi connectivity index (χ1) is 16.1. The number of hydrogen-bond acceptors (Lipinski definition) is 6. The topological polar surface area (TPSA) is 86.8 Å². The van der Waals surface area contributed by atoms with Gasteiger partial charge >= 0.3 is 5.97 Å². The van der Waals surface area contributed by atoms with E-state index in [4.69, 9.17) is 19.2 Å². The van der Waals surface area contributed by atoms with Gasteiger partial charge in [0.15, 0.2) is 18.1 Å². The van der Waals surface area contributed by atoms with Crippen LogP contribution in [-0.4, -0.2) is 36.8 Å². The Balaban J connectivity index is 1.50. The number of amides is 1. The molecule has 1 aliphatic heterocycles. The number of carbonyl (C=O) groups excluding carboxylic acids is 2. The monoisotopic (exact) mass is 442 g/mol. The minimum atomic E-state index is -0.525. The van der Waals surface area contributed by atoms with Crippen LogP contribution in [0.1, 0.15) is 33.6 Å². The Bertz CT molecular complexity index is 1310. The number of esters is 1. The van der Waals surface area contributed by atoms with Gasteiger partial charge in [0.25, 0.3) is 5.91 Å². The molecule has 7 heteroatoms. The average molecular weight is 442 g/mol. The number of rotatable bonds is 6. The number of nitrogens with one attached hydrogen (secondary N) is 1. The molecule has 0 saturated carbocycles. The molecule has 1 aromatic heterocycles. The SMILES string of the molecule is C=CCNC(=O)COC(=O)c1c2c(nc3ccccc13)/C(=C/c1ccc3c(c1)OCO3)CC2. The van der Waals surface area contributed by atoms with E-state index < -0.39 is 5.97 Å². The summed E-state index contributed by atoms with van der Waals surface area (Å²) in [6.45, 7) is 3.75. The lowest BCUT2D eigenvalue weighted by atomic mass is 10.0. The Hall–Kier alpha value is -4.13. The molecule has 3 aromatic rings. The number of pyridine rings is 1. The molecule has 2 aromatic carbocycles. The Kier molecular flexibility index (Phi) is 5.52. The summed E-state index contributed by atoms with van der Waals surface area (Å²) in [5.41, 5.74) is 4.82. The van der Waals surface area contributed by atoms with Crippen molar-refractivity contribution in [2.45, 2.75) is 12.8 Å². The van der Waals surface area contributed by atoms with Crippen LogP contribution in [0.2, 0.25) is 0 Å². The lowest BCUT2D eigenvalue weighted by Gasteiger charge is -2.12. The van der Waals surface area contributed by atoms with Crippen molar-refractivity contribution in [3.63, 3.8) is 0 Å². The third-order valence-corrected chi connectivity index (χ3v) is 5.66. The van der Waals surface area contributed by atoms with Crippen LogP contribution in [0.25, 0.3) is 22.6 Å². The normalized spacial score (nSPS) is 14.8. The van der Waals surface area contributed by atoms with Crippen LogP contribution in [0.3, 0.4) is 0 Å². The highest BCUT2D eigenvalue weighted by atomic mass is 16.7. The summed E-state index contributed by atoms with van der Waals surface area (Å²) < 4.78 is 16.2. The van der Waals surface area contributed by atoms with E-state index in [9.17, 15) is 9.59 Å². The van der Waals surface area contributed by atoms with Crippen LogP contribution < -0.4 is 14.8 Å². The number of ether oxygens (including phenoxy) is 3. The Morgan fingerprint density at radius 1 is 1.12 bits per heavy atom. The highest BCUT2D eigenvalue weighted by Gasteiger charge is 2.28. The van der Waals surface area contributed by atoms with Gasteiger partial charge in [0.05, 0.1) is 16.8 Å². The minimum absolute atomic E-state index is 0.225. The lowest BCUT2D eigenvalue weighted by molar-refractivity contribution is -0.124. The largest absolute Gasteiger partial charge is 0.454 e. The second kappa shape index (κ2) is 8.78. The highest BCUT2D eigenvalue weighted by Crippen LogP contribution is 2.39. The molecule has 0 bridgehead atoms. The van der Waals surface area contributed by atoms with Crippen LogP contribution in [0.5, 0.6) is 11.5 Å². The van der Waals surface area contributed by atoms with Crippen molar-refractivity contribution in [2.75, 3.05) is 19.9 Å². The summed E-state index contributed by atoms with van der Waals surface area (Å²) in [6.07, 6.45) is 5.04. The van der Waals surface area contributed by atoms with Gasteiger partial charge in [0.2, 0.25) is 6.79 Å². The second-order valence-electron chi connectivity index (χ2n) is 7.78. The molecule has 1 amide bonds. The molecule has 0 radical (unpaired) electrons. The van der Waals surface area contributed by atoms with Crippen molar-refractivity contribution in [1.29, 1.82) is 0 Å². The van der Waals surface area contributed by atoms with Crippen molar-refractivity contribution >= 4 is 34.4 Å². The molecule has 0 unspecified atom stereocenters. The summed E-state index contributed by atoms with van der Waals surface area (Å²) in [5.74, 6) is 0.549. The van der Waals surface area contributed by atoms with Crippen molar-refractivity contribution in [1.82, 2.24) is 10.3 Å². The third-order valence-electron chi connectivity index (χ3n) is 5.66. The molecular formula is C26H22N2O5. The van der Waals surface area contributed by atoms with Gasteiger partial charge in [-0.05, 0) is 53.8 Å². The maximum absolute atomic E-state index is 13.1. The molecule has 166 valence electrons. The fourth-order valence-corrected chi connectivity index (χ4v) is 4.16. The van der Waals surface area contributed by atoms with E-state index in [1.54, 1.807) is 6.08 Å². The minimum Gasteiger partial charge on any atom is -0.454 e. The first kappa shape index (κ1) is 20.8. The van der Waals surface area contributed by atoms with E-state index in [1.807, 2.05) is 42.5 Å².